The van der Waals surface area contributed by atoms with Crippen LogP contribution in [-0.4, -0.2) is 30.4 Å². The summed E-state index contributed by atoms with van der Waals surface area (Å²) in [6, 6.07) is 29.3. The zero-order chi connectivity index (χ0) is 32.8. The molecule has 0 saturated heterocycles. The molecule has 7 nitrogen and oxygen atoms in total. The highest BCUT2D eigenvalue weighted by Gasteiger charge is 2.31. The van der Waals surface area contributed by atoms with Crippen molar-refractivity contribution in [2.24, 2.45) is 0 Å². The minimum atomic E-state index is -4.50. The summed E-state index contributed by atoms with van der Waals surface area (Å²) in [7, 11) is -4.50. The van der Waals surface area contributed by atoms with Crippen molar-refractivity contribution in [3.8, 4) is 16.9 Å². The Morgan fingerprint density at radius 2 is 1.46 bits per heavy atom. The Morgan fingerprint density at radius 1 is 0.804 bits per heavy atom. The topological polar surface area (TPSA) is 110 Å². The minimum absolute atomic E-state index is 0.0178. The molecule has 3 N–H and O–H groups in total. The summed E-state index contributed by atoms with van der Waals surface area (Å²) >= 11 is 12.3. The number of aromatic hydroxyl groups is 1. The fourth-order valence-corrected chi connectivity index (χ4v) is 6.72. The Labute approximate surface area is 276 Å². The van der Waals surface area contributed by atoms with E-state index in [9.17, 15) is 22.7 Å². The largest absolute Gasteiger partial charge is 0.505 e. The van der Waals surface area contributed by atoms with Crippen molar-refractivity contribution in [3.63, 3.8) is 0 Å². The second kappa shape index (κ2) is 14.3. The average molecular weight is 680 g/mol. The second-order valence-corrected chi connectivity index (χ2v) is 13.3. The van der Waals surface area contributed by atoms with Crippen LogP contribution >= 0.6 is 23.2 Å². The van der Waals surface area contributed by atoms with E-state index in [1.165, 1.54) is 24.3 Å². The molecule has 11 heteroatoms. The quantitative estimate of drug-likeness (QED) is 0.109. The molecule has 0 heterocycles. The van der Waals surface area contributed by atoms with E-state index in [4.69, 9.17) is 33.7 Å². The molecular formula is C35H29Cl2FN2O5S. The number of esters is 1. The number of hydrogen-bond acceptors (Lipinski definition) is 6. The number of nitrogens with two attached hydrogens (primary N) is 1. The summed E-state index contributed by atoms with van der Waals surface area (Å²) in [4.78, 5) is 12.4. The smallest absolute Gasteiger partial charge is 0.338 e. The maximum Gasteiger partial charge on any atom is 0.338 e. The zero-order valence-corrected chi connectivity index (χ0v) is 26.7. The highest BCUT2D eigenvalue weighted by molar-refractivity contribution is 7.89. The van der Waals surface area contributed by atoms with Gasteiger partial charge in [-0.3, -0.25) is 0 Å². The average Bonchev–Trinajstić information content (AvgIpc) is 3.04. The van der Waals surface area contributed by atoms with Gasteiger partial charge in [0, 0.05) is 30.2 Å². The first kappa shape index (κ1) is 33.0. The highest BCUT2D eigenvalue weighted by atomic mass is 35.5. The van der Waals surface area contributed by atoms with Gasteiger partial charge in [-0.2, -0.15) is 4.31 Å². The molecule has 0 aromatic heterocycles. The van der Waals surface area contributed by atoms with Gasteiger partial charge in [0.25, 0.3) is 0 Å². The number of ether oxygens (including phenoxy) is 1. The fraction of sp³-hybridized carbons (Fsp3) is 0.114. The first-order valence-electron chi connectivity index (χ1n) is 14.1. The number of rotatable bonds is 11. The third kappa shape index (κ3) is 8.05. The Morgan fingerprint density at radius 3 is 2.15 bits per heavy atom. The number of hydrogen-bond donors (Lipinski definition) is 2. The number of nitrogen functional groups attached to an aromatic ring is 1. The number of carbonyl (C=O) groups excluding carboxylic acids is 1. The van der Waals surface area contributed by atoms with Gasteiger partial charge >= 0.3 is 5.97 Å². The van der Waals surface area contributed by atoms with E-state index in [1.54, 1.807) is 36.4 Å². The minimum Gasteiger partial charge on any atom is -0.505 e. The van der Waals surface area contributed by atoms with Gasteiger partial charge in [0.2, 0.25) is 10.0 Å². The molecule has 0 atom stereocenters. The van der Waals surface area contributed by atoms with Crippen molar-refractivity contribution < 1.29 is 27.4 Å². The molecule has 0 aliphatic carbocycles. The van der Waals surface area contributed by atoms with Crippen LogP contribution in [0.2, 0.25) is 10.0 Å². The summed E-state index contributed by atoms with van der Waals surface area (Å²) in [6.45, 7) is -0.264. The lowest BCUT2D eigenvalue weighted by atomic mass is 10.0. The van der Waals surface area contributed by atoms with E-state index in [0.717, 1.165) is 33.1 Å². The number of phenols is 1. The number of sulfonamides is 1. The van der Waals surface area contributed by atoms with Gasteiger partial charge in [-0.15, -0.1) is 0 Å². The number of benzene rings is 5. The SMILES string of the molecule is Nc1ccc(CCOC(=O)c2cc(Cl)c(O)c(S(=O)(=O)N(Cc3ccc(F)cc3)Cc3cccc(-c4ccc(Cl)cc4)c3)c2)cc1. The van der Waals surface area contributed by atoms with Gasteiger partial charge in [-0.05, 0) is 82.4 Å². The van der Waals surface area contributed by atoms with Gasteiger partial charge in [0.05, 0.1) is 17.2 Å². The van der Waals surface area contributed by atoms with Gasteiger partial charge in [-0.25, -0.2) is 17.6 Å². The van der Waals surface area contributed by atoms with Crippen molar-refractivity contribution in [1.29, 1.82) is 0 Å². The molecule has 5 aromatic carbocycles. The number of phenolic OH excluding ortho intramolecular Hbond substituents is 1. The van der Waals surface area contributed by atoms with Crippen LogP contribution in [0.1, 0.15) is 27.0 Å². The number of anilines is 1. The third-order valence-electron chi connectivity index (χ3n) is 7.22. The molecule has 0 amide bonds. The predicted molar refractivity (Wildman–Crippen MR) is 178 cm³/mol. The lowest BCUT2D eigenvalue weighted by Gasteiger charge is -2.24. The summed E-state index contributed by atoms with van der Waals surface area (Å²) < 4.78 is 48.7. The second-order valence-electron chi connectivity index (χ2n) is 10.5. The van der Waals surface area contributed by atoms with E-state index in [2.05, 4.69) is 0 Å². The first-order chi connectivity index (χ1) is 22.0. The Hall–Kier alpha value is -4.41. The highest BCUT2D eigenvalue weighted by Crippen LogP contribution is 2.36. The Balaban J connectivity index is 1.45. The van der Waals surface area contributed by atoms with Gasteiger partial charge < -0.3 is 15.6 Å². The van der Waals surface area contributed by atoms with Crippen molar-refractivity contribution in [2.75, 3.05) is 12.3 Å². The van der Waals surface area contributed by atoms with Crippen LogP contribution in [0, 0.1) is 5.82 Å². The number of nitrogens with zero attached hydrogens (tertiary/aromatic N) is 1. The van der Waals surface area contributed by atoms with Crippen molar-refractivity contribution in [3.05, 3.63) is 147 Å². The van der Waals surface area contributed by atoms with Crippen LogP contribution < -0.4 is 5.73 Å². The van der Waals surface area contributed by atoms with E-state index < -0.39 is 32.5 Å². The lowest BCUT2D eigenvalue weighted by molar-refractivity contribution is 0.0509. The summed E-state index contributed by atoms with van der Waals surface area (Å²) in [5.74, 6) is -1.99. The maximum atomic E-state index is 14.2. The van der Waals surface area contributed by atoms with Crippen LogP contribution in [0.5, 0.6) is 5.75 Å². The molecule has 46 heavy (non-hydrogen) atoms. The van der Waals surface area contributed by atoms with E-state index >= 15 is 0 Å². The summed E-state index contributed by atoms with van der Waals surface area (Å²) in [5.41, 5.74) is 9.93. The van der Waals surface area contributed by atoms with Crippen molar-refractivity contribution >= 4 is 44.9 Å². The molecule has 0 saturated carbocycles. The standard InChI is InChI=1S/C35H29Cl2FN2O5S/c36-29-10-8-26(9-11-29)27-3-1-2-25(18-27)22-40(21-24-4-12-30(38)13-5-24)46(43,44)33-20-28(19-32(37)34(33)41)35(42)45-17-16-23-6-14-31(39)15-7-23/h1-15,18-20,41H,16-17,21-22,39H2. The molecular weight excluding hydrogens is 650 g/mol. The molecule has 0 fully saturated rings. The third-order valence-corrected chi connectivity index (χ3v) is 9.57. The molecule has 5 rings (SSSR count). The van der Waals surface area contributed by atoms with Crippen LogP contribution in [-0.2, 0) is 34.3 Å². The lowest BCUT2D eigenvalue weighted by Crippen LogP contribution is -2.30. The molecule has 0 spiro atoms. The normalized spacial score (nSPS) is 11.5. The number of carbonyl (C=O) groups is 1. The van der Waals surface area contributed by atoms with Crippen molar-refractivity contribution in [1.82, 2.24) is 4.31 Å². The predicted octanol–water partition coefficient (Wildman–Crippen LogP) is 7.88. The van der Waals surface area contributed by atoms with Crippen LogP contribution in [0.25, 0.3) is 11.1 Å². The zero-order valence-electron chi connectivity index (χ0n) is 24.4. The van der Waals surface area contributed by atoms with Crippen LogP contribution in [0.3, 0.4) is 0 Å². The van der Waals surface area contributed by atoms with Crippen molar-refractivity contribution in [2.45, 2.75) is 24.4 Å². The van der Waals surface area contributed by atoms with Gasteiger partial charge in [0.15, 0.2) is 5.75 Å². The summed E-state index contributed by atoms with van der Waals surface area (Å²) in [5, 5.41) is 11.1. The van der Waals surface area contributed by atoms with E-state index in [0.29, 0.717) is 28.3 Å². The molecule has 236 valence electrons. The molecule has 0 aliphatic rings. The monoisotopic (exact) mass is 678 g/mol. The summed E-state index contributed by atoms with van der Waals surface area (Å²) in [6.07, 6.45) is 0.406. The molecule has 5 aromatic rings. The molecule has 0 unspecified atom stereocenters. The molecule has 0 bridgehead atoms. The first-order valence-corrected chi connectivity index (χ1v) is 16.3. The van der Waals surface area contributed by atoms with E-state index in [1.807, 2.05) is 36.4 Å². The van der Waals surface area contributed by atoms with Gasteiger partial charge in [-0.1, -0.05) is 77.8 Å². The Bertz CT molecular complexity index is 1950. The maximum absolute atomic E-state index is 14.2. The van der Waals surface area contributed by atoms with Crippen LogP contribution in [0.15, 0.2) is 114 Å². The molecule has 0 aliphatic heterocycles. The van der Waals surface area contributed by atoms with Gasteiger partial charge in [0.1, 0.15) is 10.7 Å². The molecule has 0 radical (unpaired) electrons. The van der Waals surface area contributed by atoms with Crippen LogP contribution in [0.4, 0.5) is 10.1 Å². The number of halogens is 3. The Kier molecular flexibility index (Phi) is 10.3. The van der Waals surface area contributed by atoms with E-state index in [-0.39, 0.29) is 30.3 Å². The fourth-order valence-electron chi connectivity index (χ4n) is 4.77.